The summed E-state index contributed by atoms with van der Waals surface area (Å²) in [6.45, 7) is -0.173. The van der Waals surface area contributed by atoms with Crippen molar-refractivity contribution in [3.8, 4) is 0 Å². The van der Waals surface area contributed by atoms with Gasteiger partial charge < -0.3 is 5.11 Å². The van der Waals surface area contributed by atoms with E-state index in [4.69, 9.17) is 5.11 Å². The van der Waals surface area contributed by atoms with Gasteiger partial charge in [0.2, 0.25) is 10.0 Å². The third kappa shape index (κ3) is 2.95. The van der Waals surface area contributed by atoms with Crippen molar-refractivity contribution in [2.75, 3.05) is 13.1 Å². The van der Waals surface area contributed by atoms with Crippen LogP contribution in [0.4, 0.5) is 13.2 Å². The number of carboxylic acid groups (broad SMARTS) is 1. The number of sulfonamides is 1. The fraction of sp³-hybridized carbons (Fsp3) is 0.462. The Hall–Kier alpha value is -1.61. The average Bonchev–Trinajstić information content (AvgIpc) is 2.40. The van der Waals surface area contributed by atoms with Crippen LogP contribution in [0, 0.1) is 18.7 Å². The Labute approximate surface area is 125 Å². The van der Waals surface area contributed by atoms with Gasteiger partial charge in [0.25, 0.3) is 5.92 Å². The number of hydrogen-bond donors (Lipinski definition) is 1. The van der Waals surface area contributed by atoms with E-state index in [1.54, 1.807) is 0 Å². The molecule has 122 valence electrons. The first-order valence-corrected chi connectivity index (χ1v) is 7.86. The molecule has 22 heavy (non-hydrogen) atoms. The van der Waals surface area contributed by atoms with Crippen LogP contribution in [0.15, 0.2) is 23.1 Å². The highest BCUT2D eigenvalue weighted by Gasteiger charge is 2.51. The smallest absolute Gasteiger partial charge is 0.312 e. The van der Waals surface area contributed by atoms with Crippen LogP contribution in [-0.2, 0) is 14.8 Å². The second-order valence-electron chi connectivity index (χ2n) is 5.19. The summed E-state index contributed by atoms with van der Waals surface area (Å²) in [5.74, 6) is -7.82. The summed E-state index contributed by atoms with van der Waals surface area (Å²) in [6.07, 6.45) is -0.484. The highest BCUT2D eigenvalue weighted by atomic mass is 32.2. The maximum Gasteiger partial charge on any atom is 0.312 e. The largest absolute Gasteiger partial charge is 0.481 e. The minimum absolute atomic E-state index is 0.0771. The number of hydrogen-bond acceptors (Lipinski definition) is 3. The van der Waals surface area contributed by atoms with Crippen LogP contribution in [0.5, 0.6) is 0 Å². The molecule has 1 aromatic rings. The third-order valence-electron chi connectivity index (χ3n) is 3.63. The van der Waals surface area contributed by atoms with Crippen molar-refractivity contribution in [1.82, 2.24) is 4.31 Å². The normalized spacial score (nSPS) is 22.5. The maximum atomic E-state index is 13.8. The van der Waals surface area contributed by atoms with Crippen molar-refractivity contribution in [3.05, 3.63) is 29.6 Å². The zero-order chi connectivity index (χ0) is 16.7. The highest BCUT2D eigenvalue weighted by Crippen LogP contribution is 2.35. The SMILES string of the molecule is Cc1cc(S(=O)(=O)N2CCC(C(=O)O)C(F)(F)C2)ccc1F. The van der Waals surface area contributed by atoms with E-state index < -0.39 is 46.6 Å². The lowest BCUT2D eigenvalue weighted by molar-refractivity contribution is -0.163. The Morgan fingerprint density at radius 2 is 2.05 bits per heavy atom. The number of alkyl halides is 2. The number of carboxylic acids is 1. The van der Waals surface area contributed by atoms with E-state index >= 15 is 0 Å². The predicted octanol–water partition coefficient (Wildman–Crippen LogP) is 1.86. The quantitative estimate of drug-likeness (QED) is 0.914. The molecule has 0 bridgehead atoms. The van der Waals surface area contributed by atoms with E-state index in [0.29, 0.717) is 4.31 Å². The van der Waals surface area contributed by atoms with Gasteiger partial charge in [-0.1, -0.05) is 0 Å². The topological polar surface area (TPSA) is 74.7 Å². The summed E-state index contributed by atoms with van der Waals surface area (Å²) in [4.78, 5) is 10.5. The Bertz CT molecular complexity index is 705. The van der Waals surface area contributed by atoms with Crippen molar-refractivity contribution < 1.29 is 31.5 Å². The molecule has 0 amide bonds. The fourth-order valence-corrected chi connectivity index (χ4v) is 3.90. The molecule has 0 aliphatic carbocycles. The molecule has 5 nitrogen and oxygen atoms in total. The summed E-state index contributed by atoms with van der Waals surface area (Å²) < 4.78 is 66.0. The van der Waals surface area contributed by atoms with Crippen LogP contribution in [0.1, 0.15) is 12.0 Å². The molecule has 1 aliphatic heterocycles. The first-order chi connectivity index (χ1) is 10.1. The van der Waals surface area contributed by atoms with Gasteiger partial charge in [-0.25, -0.2) is 21.6 Å². The van der Waals surface area contributed by atoms with Crippen LogP contribution in [0.2, 0.25) is 0 Å². The average molecular weight is 337 g/mol. The van der Waals surface area contributed by atoms with Crippen molar-refractivity contribution in [2.45, 2.75) is 24.2 Å². The number of halogens is 3. The van der Waals surface area contributed by atoms with E-state index in [9.17, 15) is 26.4 Å². The molecular formula is C13H14F3NO4S. The molecule has 0 spiro atoms. The number of benzene rings is 1. The first-order valence-electron chi connectivity index (χ1n) is 6.42. The van der Waals surface area contributed by atoms with Crippen molar-refractivity contribution in [2.24, 2.45) is 5.92 Å². The van der Waals surface area contributed by atoms with E-state index in [1.165, 1.54) is 6.92 Å². The predicted molar refractivity (Wildman–Crippen MR) is 70.6 cm³/mol. The minimum Gasteiger partial charge on any atom is -0.481 e. The maximum absolute atomic E-state index is 13.8. The second kappa shape index (κ2) is 5.54. The molecule has 1 aromatic carbocycles. The summed E-state index contributed by atoms with van der Waals surface area (Å²) in [5, 5.41) is 8.76. The van der Waals surface area contributed by atoms with Crippen LogP contribution in [0.3, 0.4) is 0 Å². The minimum atomic E-state index is -4.23. The van der Waals surface area contributed by atoms with Crippen LogP contribution >= 0.6 is 0 Å². The van der Waals surface area contributed by atoms with E-state index in [-0.39, 0.29) is 17.0 Å². The lowest BCUT2D eigenvalue weighted by Crippen LogP contribution is -2.52. The van der Waals surface area contributed by atoms with Crippen LogP contribution < -0.4 is 0 Å². The molecule has 1 fully saturated rings. The molecule has 1 unspecified atom stereocenters. The van der Waals surface area contributed by atoms with Gasteiger partial charge in [0.05, 0.1) is 11.4 Å². The number of aliphatic carboxylic acids is 1. The van der Waals surface area contributed by atoms with Gasteiger partial charge in [0.15, 0.2) is 0 Å². The zero-order valence-corrected chi connectivity index (χ0v) is 12.4. The van der Waals surface area contributed by atoms with Gasteiger partial charge in [-0.15, -0.1) is 0 Å². The van der Waals surface area contributed by atoms with Gasteiger partial charge >= 0.3 is 5.97 Å². The third-order valence-corrected chi connectivity index (χ3v) is 5.47. The van der Waals surface area contributed by atoms with E-state index in [0.717, 1.165) is 18.2 Å². The molecule has 0 saturated carbocycles. The summed E-state index contributed by atoms with van der Waals surface area (Å²) in [5.41, 5.74) is 0.0771. The summed E-state index contributed by atoms with van der Waals surface area (Å²) in [6, 6.07) is 3.01. The van der Waals surface area contributed by atoms with Crippen molar-refractivity contribution in [3.63, 3.8) is 0 Å². The molecule has 1 atom stereocenters. The highest BCUT2D eigenvalue weighted by molar-refractivity contribution is 7.89. The first kappa shape index (κ1) is 16.8. The molecular weight excluding hydrogens is 323 g/mol. The number of carbonyl (C=O) groups is 1. The number of nitrogens with zero attached hydrogens (tertiary/aromatic N) is 1. The zero-order valence-electron chi connectivity index (χ0n) is 11.6. The molecule has 1 aliphatic rings. The van der Waals surface area contributed by atoms with Gasteiger partial charge in [0, 0.05) is 6.54 Å². The molecule has 0 aromatic heterocycles. The van der Waals surface area contributed by atoms with Gasteiger partial charge in [-0.05, 0) is 37.1 Å². The van der Waals surface area contributed by atoms with Crippen LogP contribution in [0.25, 0.3) is 0 Å². The summed E-state index contributed by atoms with van der Waals surface area (Å²) in [7, 11) is -4.23. The fourth-order valence-electron chi connectivity index (χ4n) is 2.34. The van der Waals surface area contributed by atoms with Crippen molar-refractivity contribution >= 4 is 16.0 Å². The number of aryl methyl sites for hydroxylation is 1. The Morgan fingerprint density at radius 1 is 1.41 bits per heavy atom. The van der Waals surface area contributed by atoms with Crippen molar-refractivity contribution in [1.29, 1.82) is 0 Å². The molecule has 1 N–H and O–H groups in total. The van der Waals surface area contributed by atoms with Gasteiger partial charge in [-0.3, -0.25) is 4.79 Å². The summed E-state index contributed by atoms with van der Waals surface area (Å²) >= 11 is 0. The molecule has 1 saturated heterocycles. The second-order valence-corrected chi connectivity index (χ2v) is 7.13. The Kier molecular flexibility index (Phi) is 4.22. The number of rotatable bonds is 3. The standard InChI is InChI=1S/C13H14F3NO4S/c1-8-6-9(2-3-11(8)14)22(20,21)17-5-4-10(12(18)19)13(15,16)7-17/h2-3,6,10H,4-5,7H2,1H3,(H,18,19). The Morgan fingerprint density at radius 3 is 2.55 bits per heavy atom. The lowest BCUT2D eigenvalue weighted by atomic mass is 9.94. The molecule has 9 heteroatoms. The molecule has 2 rings (SSSR count). The van der Waals surface area contributed by atoms with Crippen LogP contribution in [-0.4, -0.2) is 42.8 Å². The number of piperidine rings is 1. The lowest BCUT2D eigenvalue weighted by Gasteiger charge is -2.35. The van der Waals surface area contributed by atoms with Gasteiger partial charge in [-0.2, -0.15) is 4.31 Å². The molecule has 0 radical (unpaired) electrons. The van der Waals surface area contributed by atoms with Gasteiger partial charge in [0.1, 0.15) is 11.7 Å². The Balaban J connectivity index is 2.31. The monoisotopic (exact) mass is 337 g/mol. The molecule has 1 heterocycles. The van der Waals surface area contributed by atoms with E-state index in [1.807, 2.05) is 0 Å². The van der Waals surface area contributed by atoms with E-state index in [2.05, 4.69) is 0 Å².